The molecule has 1 N–H and O–H groups in total. The molecular formula is C14H21ClN2OS. The third kappa shape index (κ3) is 4.79. The Kier molecular flexibility index (Phi) is 5.67. The number of thiophene rings is 1. The number of carbonyl (C=O) groups is 1. The molecule has 1 fully saturated rings. The zero-order chi connectivity index (χ0) is 13.7. The van der Waals surface area contributed by atoms with E-state index in [0.717, 1.165) is 36.8 Å². The molecule has 1 aromatic heterocycles. The van der Waals surface area contributed by atoms with Crippen LogP contribution in [0, 0.1) is 0 Å². The van der Waals surface area contributed by atoms with Crippen molar-refractivity contribution in [2.45, 2.75) is 38.6 Å². The van der Waals surface area contributed by atoms with Crippen molar-refractivity contribution in [1.82, 2.24) is 10.2 Å². The molecule has 1 aliphatic heterocycles. The van der Waals surface area contributed by atoms with Crippen LogP contribution in [0.5, 0.6) is 0 Å². The van der Waals surface area contributed by atoms with E-state index in [1.54, 1.807) is 11.3 Å². The molecule has 0 unspecified atom stereocenters. The van der Waals surface area contributed by atoms with Gasteiger partial charge in [0.05, 0.1) is 4.34 Å². The minimum absolute atomic E-state index is 0.160. The van der Waals surface area contributed by atoms with Gasteiger partial charge in [-0.2, -0.15) is 0 Å². The van der Waals surface area contributed by atoms with E-state index in [1.165, 1.54) is 11.3 Å². The van der Waals surface area contributed by atoms with Gasteiger partial charge < -0.3 is 10.2 Å². The summed E-state index contributed by atoms with van der Waals surface area (Å²) in [5, 5.41) is 3.15. The Labute approximate surface area is 123 Å². The molecule has 0 spiro atoms. The van der Waals surface area contributed by atoms with Gasteiger partial charge in [0.25, 0.3) is 0 Å². The van der Waals surface area contributed by atoms with Crippen molar-refractivity contribution in [3.8, 4) is 0 Å². The fourth-order valence-corrected chi connectivity index (χ4v) is 3.57. The number of aryl methyl sites for hydroxylation is 1. The zero-order valence-electron chi connectivity index (χ0n) is 11.3. The number of hydrogen-bond acceptors (Lipinski definition) is 3. The molecule has 2 heterocycles. The second-order valence-corrected chi connectivity index (χ2v) is 6.81. The number of halogens is 1. The van der Waals surface area contributed by atoms with E-state index in [1.807, 2.05) is 12.1 Å². The molecule has 5 heteroatoms. The first-order valence-electron chi connectivity index (χ1n) is 6.93. The Balaban J connectivity index is 1.72. The van der Waals surface area contributed by atoms with Crippen molar-refractivity contribution in [2.75, 3.05) is 19.6 Å². The number of piperidine rings is 1. The van der Waals surface area contributed by atoms with Crippen LogP contribution >= 0.6 is 22.9 Å². The molecule has 1 saturated heterocycles. The highest BCUT2D eigenvalue weighted by Gasteiger charge is 2.20. The smallest absolute Gasteiger partial charge is 0.220 e. The fraction of sp³-hybridized carbons (Fsp3) is 0.643. The lowest BCUT2D eigenvalue weighted by Gasteiger charge is -2.32. The van der Waals surface area contributed by atoms with E-state index in [4.69, 9.17) is 11.6 Å². The Morgan fingerprint density at radius 3 is 3.11 bits per heavy atom. The minimum atomic E-state index is 0.160. The lowest BCUT2D eigenvalue weighted by Crippen LogP contribution is -2.47. The third-order valence-corrected chi connectivity index (χ3v) is 4.84. The van der Waals surface area contributed by atoms with Crippen LogP contribution in [0.4, 0.5) is 0 Å². The summed E-state index contributed by atoms with van der Waals surface area (Å²) in [7, 11) is 0. The SMILES string of the molecule is CCN1CCC[C@@H](NC(=O)CCc2ccc(Cl)s2)C1. The zero-order valence-corrected chi connectivity index (χ0v) is 12.9. The van der Waals surface area contributed by atoms with Crippen LogP contribution in [0.3, 0.4) is 0 Å². The first kappa shape index (κ1) is 14.8. The highest BCUT2D eigenvalue weighted by Crippen LogP contribution is 2.22. The predicted octanol–water partition coefficient (Wildman–Crippen LogP) is 2.93. The Hall–Kier alpha value is -0.580. The summed E-state index contributed by atoms with van der Waals surface area (Å²) < 4.78 is 0.793. The van der Waals surface area contributed by atoms with Gasteiger partial charge in [-0.15, -0.1) is 11.3 Å². The molecule has 1 amide bonds. The van der Waals surface area contributed by atoms with Crippen molar-refractivity contribution in [3.05, 3.63) is 21.3 Å². The largest absolute Gasteiger partial charge is 0.352 e. The fourth-order valence-electron chi connectivity index (χ4n) is 2.48. The summed E-state index contributed by atoms with van der Waals surface area (Å²) >= 11 is 7.43. The van der Waals surface area contributed by atoms with Crippen molar-refractivity contribution >= 4 is 28.8 Å². The molecule has 0 aliphatic carbocycles. The highest BCUT2D eigenvalue weighted by molar-refractivity contribution is 7.16. The van der Waals surface area contributed by atoms with Crippen molar-refractivity contribution < 1.29 is 4.79 Å². The third-order valence-electron chi connectivity index (χ3n) is 3.55. The van der Waals surface area contributed by atoms with E-state index in [9.17, 15) is 4.79 Å². The topological polar surface area (TPSA) is 32.3 Å². The Morgan fingerprint density at radius 1 is 1.58 bits per heavy atom. The Bertz CT molecular complexity index is 421. The number of likely N-dealkylation sites (N-methyl/N-ethyl adjacent to an activating group) is 1. The van der Waals surface area contributed by atoms with E-state index in [-0.39, 0.29) is 5.91 Å². The van der Waals surface area contributed by atoms with Crippen LogP contribution in [-0.4, -0.2) is 36.5 Å². The van der Waals surface area contributed by atoms with Crippen LogP contribution in [0.1, 0.15) is 31.1 Å². The number of rotatable bonds is 5. The molecule has 19 heavy (non-hydrogen) atoms. The van der Waals surface area contributed by atoms with E-state index in [2.05, 4.69) is 17.1 Å². The van der Waals surface area contributed by atoms with Crippen LogP contribution in [0.2, 0.25) is 4.34 Å². The molecule has 0 aromatic carbocycles. The summed E-state index contributed by atoms with van der Waals surface area (Å²) in [6, 6.07) is 4.22. The van der Waals surface area contributed by atoms with Crippen LogP contribution in [-0.2, 0) is 11.2 Å². The lowest BCUT2D eigenvalue weighted by atomic mass is 10.1. The van der Waals surface area contributed by atoms with Gasteiger partial charge in [0.1, 0.15) is 0 Å². The van der Waals surface area contributed by atoms with Gasteiger partial charge in [-0.3, -0.25) is 4.79 Å². The van der Waals surface area contributed by atoms with Gasteiger partial charge in [0.15, 0.2) is 0 Å². The highest BCUT2D eigenvalue weighted by atomic mass is 35.5. The van der Waals surface area contributed by atoms with E-state index >= 15 is 0 Å². The lowest BCUT2D eigenvalue weighted by molar-refractivity contribution is -0.122. The monoisotopic (exact) mass is 300 g/mol. The average molecular weight is 301 g/mol. The number of amides is 1. The predicted molar refractivity (Wildman–Crippen MR) is 80.9 cm³/mol. The molecule has 2 rings (SSSR count). The van der Waals surface area contributed by atoms with E-state index in [0.29, 0.717) is 12.5 Å². The summed E-state index contributed by atoms with van der Waals surface area (Å²) in [4.78, 5) is 15.5. The summed E-state index contributed by atoms with van der Waals surface area (Å²) in [6.07, 6.45) is 3.62. The molecule has 1 aromatic rings. The molecular weight excluding hydrogens is 280 g/mol. The number of nitrogens with zero attached hydrogens (tertiary/aromatic N) is 1. The number of carbonyl (C=O) groups excluding carboxylic acids is 1. The normalized spacial score (nSPS) is 20.4. The molecule has 0 radical (unpaired) electrons. The van der Waals surface area contributed by atoms with Gasteiger partial charge in [0, 0.05) is 23.9 Å². The van der Waals surface area contributed by atoms with Crippen molar-refractivity contribution in [2.24, 2.45) is 0 Å². The maximum atomic E-state index is 11.9. The molecule has 0 saturated carbocycles. The molecule has 3 nitrogen and oxygen atoms in total. The first-order chi connectivity index (χ1) is 9.17. The summed E-state index contributed by atoms with van der Waals surface area (Å²) in [5.41, 5.74) is 0. The van der Waals surface area contributed by atoms with Gasteiger partial charge in [-0.05, 0) is 44.5 Å². The quantitative estimate of drug-likeness (QED) is 0.907. The van der Waals surface area contributed by atoms with E-state index < -0.39 is 0 Å². The average Bonchev–Trinajstić information content (AvgIpc) is 2.82. The van der Waals surface area contributed by atoms with Gasteiger partial charge in [-0.25, -0.2) is 0 Å². The molecule has 0 bridgehead atoms. The second kappa shape index (κ2) is 7.27. The van der Waals surface area contributed by atoms with Crippen LogP contribution in [0.15, 0.2) is 12.1 Å². The maximum absolute atomic E-state index is 11.9. The molecule has 1 atom stereocenters. The molecule has 1 aliphatic rings. The summed E-state index contributed by atoms with van der Waals surface area (Å²) in [5.74, 6) is 0.160. The first-order valence-corrected chi connectivity index (χ1v) is 8.12. The van der Waals surface area contributed by atoms with Crippen molar-refractivity contribution in [3.63, 3.8) is 0 Å². The number of likely N-dealkylation sites (tertiary alicyclic amines) is 1. The Morgan fingerprint density at radius 2 is 2.42 bits per heavy atom. The van der Waals surface area contributed by atoms with Gasteiger partial charge in [0.2, 0.25) is 5.91 Å². The molecule has 106 valence electrons. The standard InChI is InChI=1S/C14H21ClN2OS/c1-2-17-9-3-4-11(10-17)16-14(18)8-6-12-5-7-13(15)19-12/h5,7,11H,2-4,6,8-10H2,1H3,(H,16,18)/t11-/m1/s1. The van der Waals surface area contributed by atoms with Gasteiger partial charge >= 0.3 is 0 Å². The van der Waals surface area contributed by atoms with Crippen LogP contribution < -0.4 is 5.32 Å². The van der Waals surface area contributed by atoms with Crippen LogP contribution in [0.25, 0.3) is 0 Å². The minimum Gasteiger partial charge on any atom is -0.352 e. The second-order valence-electron chi connectivity index (χ2n) is 5.01. The van der Waals surface area contributed by atoms with Gasteiger partial charge in [-0.1, -0.05) is 18.5 Å². The summed E-state index contributed by atoms with van der Waals surface area (Å²) in [6.45, 7) is 5.40. The van der Waals surface area contributed by atoms with Crippen molar-refractivity contribution in [1.29, 1.82) is 0 Å². The maximum Gasteiger partial charge on any atom is 0.220 e. The number of nitrogens with one attached hydrogen (secondary N) is 1. The number of hydrogen-bond donors (Lipinski definition) is 1.